The van der Waals surface area contributed by atoms with Crippen molar-refractivity contribution < 1.29 is 5.11 Å². The highest BCUT2D eigenvalue weighted by atomic mass is 79.9. The molecule has 1 saturated carbocycles. The van der Waals surface area contributed by atoms with Crippen LogP contribution in [0.2, 0.25) is 0 Å². The molecule has 2 N–H and O–H groups in total. The minimum atomic E-state index is -0.518. The quantitative estimate of drug-likeness (QED) is 0.894. The Hall–Kier alpha value is -0.380. The van der Waals surface area contributed by atoms with E-state index in [0.717, 1.165) is 43.1 Å². The van der Waals surface area contributed by atoms with Crippen LogP contribution in [-0.2, 0) is 6.42 Å². The third-order valence-corrected chi connectivity index (χ3v) is 4.66. The number of benzene rings is 1. The first-order chi connectivity index (χ1) is 8.63. The molecule has 1 aliphatic carbocycles. The van der Waals surface area contributed by atoms with Crippen LogP contribution in [0.25, 0.3) is 0 Å². The van der Waals surface area contributed by atoms with E-state index in [1.807, 2.05) is 18.2 Å². The summed E-state index contributed by atoms with van der Waals surface area (Å²) in [5, 5.41) is 14.2. The maximum Gasteiger partial charge on any atom is 0.0689 e. The Morgan fingerprint density at radius 2 is 2.00 bits per heavy atom. The molecule has 2 nitrogen and oxygen atoms in total. The first-order valence-corrected chi connectivity index (χ1v) is 7.61. The molecule has 1 fully saturated rings. The Bertz CT molecular complexity index is 386. The first kappa shape index (κ1) is 14.0. The highest BCUT2D eigenvalue weighted by molar-refractivity contribution is 9.10. The zero-order valence-electron chi connectivity index (χ0n) is 11.0. The second kappa shape index (κ2) is 6.18. The molecule has 1 aromatic rings. The predicted molar refractivity (Wildman–Crippen MR) is 78.7 cm³/mol. The predicted octanol–water partition coefficient (Wildman–Crippen LogP) is 3.27. The van der Waals surface area contributed by atoms with Crippen LogP contribution in [0.1, 0.15) is 38.2 Å². The SMILES string of the molecule is CCNC1CCC(O)(Cc2ccccc2Br)CC1. The lowest BCUT2D eigenvalue weighted by molar-refractivity contribution is -0.00307. The molecule has 2 rings (SSSR count). The smallest absolute Gasteiger partial charge is 0.0689 e. The van der Waals surface area contributed by atoms with Crippen molar-refractivity contribution in [2.45, 2.75) is 50.7 Å². The van der Waals surface area contributed by atoms with Gasteiger partial charge < -0.3 is 10.4 Å². The lowest BCUT2D eigenvalue weighted by Crippen LogP contribution is -2.42. The van der Waals surface area contributed by atoms with Crippen molar-refractivity contribution in [3.05, 3.63) is 34.3 Å². The molecule has 3 heteroatoms. The summed E-state index contributed by atoms with van der Waals surface area (Å²) in [7, 11) is 0. The van der Waals surface area contributed by atoms with E-state index >= 15 is 0 Å². The van der Waals surface area contributed by atoms with Gasteiger partial charge in [-0.15, -0.1) is 0 Å². The van der Waals surface area contributed by atoms with Crippen LogP contribution in [0.3, 0.4) is 0 Å². The molecule has 0 unspecified atom stereocenters. The number of nitrogens with one attached hydrogen (secondary N) is 1. The Morgan fingerprint density at radius 3 is 2.61 bits per heavy atom. The van der Waals surface area contributed by atoms with Crippen LogP contribution in [0, 0.1) is 0 Å². The monoisotopic (exact) mass is 311 g/mol. The lowest BCUT2D eigenvalue weighted by atomic mass is 9.78. The van der Waals surface area contributed by atoms with Gasteiger partial charge in [0.1, 0.15) is 0 Å². The highest BCUT2D eigenvalue weighted by Crippen LogP contribution is 2.33. The summed E-state index contributed by atoms with van der Waals surface area (Å²) in [6, 6.07) is 8.78. The molecule has 0 radical (unpaired) electrons. The summed E-state index contributed by atoms with van der Waals surface area (Å²) in [6.07, 6.45) is 4.70. The van der Waals surface area contributed by atoms with Gasteiger partial charge in [0.2, 0.25) is 0 Å². The zero-order chi connectivity index (χ0) is 13.0. The van der Waals surface area contributed by atoms with Crippen LogP contribution in [0.4, 0.5) is 0 Å². The van der Waals surface area contributed by atoms with Gasteiger partial charge >= 0.3 is 0 Å². The Balaban J connectivity index is 1.96. The van der Waals surface area contributed by atoms with Crippen LogP contribution < -0.4 is 5.32 Å². The Morgan fingerprint density at radius 1 is 1.33 bits per heavy atom. The fraction of sp³-hybridized carbons (Fsp3) is 0.600. The summed E-state index contributed by atoms with van der Waals surface area (Å²) >= 11 is 3.56. The number of hydrogen-bond acceptors (Lipinski definition) is 2. The summed E-state index contributed by atoms with van der Waals surface area (Å²) in [4.78, 5) is 0. The third-order valence-electron chi connectivity index (χ3n) is 3.89. The minimum Gasteiger partial charge on any atom is -0.390 e. The molecular weight excluding hydrogens is 290 g/mol. The third kappa shape index (κ3) is 3.56. The van der Waals surface area contributed by atoms with Crippen molar-refractivity contribution in [3.63, 3.8) is 0 Å². The van der Waals surface area contributed by atoms with Crippen LogP contribution in [-0.4, -0.2) is 23.3 Å². The summed E-state index contributed by atoms with van der Waals surface area (Å²) in [5.74, 6) is 0. The zero-order valence-corrected chi connectivity index (χ0v) is 12.5. The van der Waals surface area contributed by atoms with Gasteiger partial charge in [-0.25, -0.2) is 0 Å². The standard InChI is InChI=1S/C15H22BrNO/c1-2-17-13-7-9-15(18,10-8-13)11-12-5-3-4-6-14(12)16/h3-6,13,17-18H,2,7-11H2,1H3. The lowest BCUT2D eigenvalue weighted by Gasteiger charge is -2.36. The second-order valence-electron chi connectivity index (χ2n) is 5.32. The van der Waals surface area contributed by atoms with E-state index in [1.165, 1.54) is 5.56 Å². The fourth-order valence-corrected chi connectivity index (χ4v) is 3.25. The van der Waals surface area contributed by atoms with Gasteiger partial charge in [-0.1, -0.05) is 41.1 Å². The maximum absolute atomic E-state index is 10.7. The highest BCUT2D eigenvalue weighted by Gasteiger charge is 2.33. The van der Waals surface area contributed by atoms with Crippen molar-refractivity contribution in [3.8, 4) is 0 Å². The number of halogens is 1. The van der Waals surface area contributed by atoms with Gasteiger partial charge in [0, 0.05) is 16.9 Å². The maximum atomic E-state index is 10.7. The molecule has 0 heterocycles. The van der Waals surface area contributed by atoms with E-state index in [0.29, 0.717) is 6.04 Å². The first-order valence-electron chi connectivity index (χ1n) is 6.82. The second-order valence-corrected chi connectivity index (χ2v) is 6.18. The van der Waals surface area contributed by atoms with E-state index in [9.17, 15) is 5.11 Å². The molecule has 0 atom stereocenters. The van der Waals surface area contributed by atoms with Crippen molar-refractivity contribution in [1.29, 1.82) is 0 Å². The molecular formula is C15H22BrNO. The van der Waals surface area contributed by atoms with E-state index in [1.54, 1.807) is 0 Å². The number of rotatable bonds is 4. The fourth-order valence-electron chi connectivity index (χ4n) is 2.82. The van der Waals surface area contributed by atoms with Crippen molar-refractivity contribution >= 4 is 15.9 Å². The van der Waals surface area contributed by atoms with Crippen LogP contribution in [0.5, 0.6) is 0 Å². The minimum absolute atomic E-state index is 0.518. The molecule has 0 bridgehead atoms. The Kier molecular flexibility index (Phi) is 4.82. The Labute approximate surface area is 118 Å². The molecule has 1 aliphatic rings. The average molecular weight is 312 g/mol. The molecule has 100 valence electrons. The molecule has 0 aromatic heterocycles. The number of hydrogen-bond donors (Lipinski definition) is 2. The van der Waals surface area contributed by atoms with Crippen LogP contribution in [0.15, 0.2) is 28.7 Å². The molecule has 0 aliphatic heterocycles. The van der Waals surface area contributed by atoms with Crippen molar-refractivity contribution in [1.82, 2.24) is 5.32 Å². The summed E-state index contributed by atoms with van der Waals surface area (Å²) in [5.41, 5.74) is 0.692. The van der Waals surface area contributed by atoms with Gasteiger partial charge in [-0.05, 0) is 43.9 Å². The van der Waals surface area contributed by atoms with Crippen LogP contribution >= 0.6 is 15.9 Å². The molecule has 1 aromatic carbocycles. The van der Waals surface area contributed by atoms with Gasteiger partial charge in [0.25, 0.3) is 0 Å². The normalized spacial score (nSPS) is 28.3. The van der Waals surface area contributed by atoms with Gasteiger partial charge in [-0.2, -0.15) is 0 Å². The largest absolute Gasteiger partial charge is 0.390 e. The molecule has 0 amide bonds. The van der Waals surface area contributed by atoms with Gasteiger partial charge in [-0.3, -0.25) is 0 Å². The average Bonchev–Trinajstić information content (AvgIpc) is 2.36. The summed E-state index contributed by atoms with van der Waals surface area (Å²) < 4.78 is 1.10. The van der Waals surface area contributed by atoms with Gasteiger partial charge in [0.05, 0.1) is 5.60 Å². The number of aliphatic hydroxyl groups is 1. The van der Waals surface area contributed by atoms with Gasteiger partial charge in [0.15, 0.2) is 0 Å². The summed E-state index contributed by atoms with van der Waals surface area (Å²) in [6.45, 7) is 3.16. The van der Waals surface area contributed by atoms with E-state index in [2.05, 4.69) is 34.2 Å². The molecule has 0 saturated heterocycles. The van der Waals surface area contributed by atoms with Crippen molar-refractivity contribution in [2.24, 2.45) is 0 Å². The molecule has 18 heavy (non-hydrogen) atoms. The molecule has 0 spiro atoms. The topological polar surface area (TPSA) is 32.3 Å². The van der Waals surface area contributed by atoms with E-state index < -0.39 is 5.60 Å². The van der Waals surface area contributed by atoms with E-state index in [-0.39, 0.29) is 0 Å². The van der Waals surface area contributed by atoms with E-state index in [4.69, 9.17) is 0 Å². The van der Waals surface area contributed by atoms with Crippen molar-refractivity contribution in [2.75, 3.05) is 6.54 Å².